The molecule has 0 N–H and O–H groups in total. The van der Waals surface area contributed by atoms with Crippen molar-refractivity contribution >= 4 is 5.78 Å². The van der Waals surface area contributed by atoms with Crippen molar-refractivity contribution in [3.05, 3.63) is 18.0 Å². The van der Waals surface area contributed by atoms with Crippen molar-refractivity contribution in [3.63, 3.8) is 0 Å². The van der Waals surface area contributed by atoms with Crippen LogP contribution in [0.15, 0.2) is 12.4 Å². The normalized spacial score (nSPS) is 23.3. The van der Waals surface area contributed by atoms with Crippen molar-refractivity contribution in [2.45, 2.75) is 6.42 Å². The molecule has 1 aliphatic rings. The van der Waals surface area contributed by atoms with Crippen LogP contribution in [0.1, 0.15) is 5.56 Å². The maximum Gasteiger partial charge on any atom is 0.151 e. The Morgan fingerprint density at radius 1 is 1.57 bits per heavy atom. The Hall–Kier alpha value is -1.16. The van der Waals surface area contributed by atoms with E-state index in [2.05, 4.69) is 10.00 Å². The number of carbonyl (C=O) groups is 1. The Labute approximate surface area is 83.5 Å². The van der Waals surface area contributed by atoms with Gasteiger partial charge in [-0.3, -0.25) is 14.4 Å². The zero-order valence-corrected chi connectivity index (χ0v) is 8.60. The molecule has 2 rings (SSSR count). The summed E-state index contributed by atoms with van der Waals surface area (Å²) in [4.78, 5) is 13.6. The van der Waals surface area contributed by atoms with Gasteiger partial charge in [-0.1, -0.05) is 0 Å². The van der Waals surface area contributed by atoms with Gasteiger partial charge in [0.25, 0.3) is 0 Å². The lowest BCUT2D eigenvalue weighted by atomic mass is 10.0. The van der Waals surface area contributed by atoms with Gasteiger partial charge in [0.05, 0.1) is 12.7 Å². The number of nitrogens with zero attached hydrogens (tertiary/aromatic N) is 3. The summed E-state index contributed by atoms with van der Waals surface area (Å²) in [5.41, 5.74) is 1.15. The molecule has 0 amide bonds. The molecule has 0 aliphatic carbocycles. The SMILES string of the molecule is CN1CC(=O)C(Cc2cnn(C)c2)C1. The molecule has 1 aliphatic heterocycles. The molecule has 0 saturated carbocycles. The molecule has 4 heteroatoms. The number of carbonyl (C=O) groups excluding carboxylic acids is 1. The van der Waals surface area contributed by atoms with Crippen LogP contribution in [-0.2, 0) is 18.3 Å². The molecule has 2 heterocycles. The number of aryl methyl sites for hydroxylation is 1. The standard InChI is InChI=1S/C10H15N3O/c1-12-6-9(10(14)7-12)3-8-4-11-13(2)5-8/h4-5,9H,3,6-7H2,1-2H3. The highest BCUT2D eigenvalue weighted by atomic mass is 16.1. The van der Waals surface area contributed by atoms with E-state index in [1.54, 1.807) is 4.68 Å². The largest absolute Gasteiger partial charge is 0.298 e. The van der Waals surface area contributed by atoms with Crippen molar-refractivity contribution in [1.82, 2.24) is 14.7 Å². The van der Waals surface area contributed by atoms with Crippen LogP contribution in [0.4, 0.5) is 0 Å². The zero-order valence-electron chi connectivity index (χ0n) is 8.60. The third kappa shape index (κ3) is 1.85. The van der Waals surface area contributed by atoms with Crippen LogP contribution in [0.3, 0.4) is 0 Å². The second-order valence-electron chi connectivity index (χ2n) is 4.09. The molecule has 1 saturated heterocycles. The lowest BCUT2D eigenvalue weighted by molar-refractivity contribution is -0.119. The molecule has 0 aromatic carbocycles. The van der Waals surface area contributed by atoms with Crippen molar-refractivity contribution in [1.29, 1.82) is 0 Å². The van der Waals surface area contributed by atoms with E-state index in [1.807, 2.05) is 26.5 Å². The Balaban J connectivity index is 2.01. The van der Waals surface area contributed by atoms with Crippen LogP contribution >= 0.6 is 0 Å². The van der Waals surface area contributed by atoms with Gasteiger partial charge in [0.2, 0.25) is 0 Å². The van der Waals surface area contributed by atoms with Gasteiger partial charge in [-0.05, 0) is 19.0 Å². The van der Waals surface area contributed by atoms with Crippen molar-refractivity contribution in [2.75, 3.05) is 20.1 Å². The minimum Gasteiger partial charge on any atom is -0.298 e. The van der Waals surface area contributed by atoms with E-state index in [1.165, 1.54) is 0 Å². The Kier molecular flexibility index (Phi) is 2.37. The van der Waals surface area contributed by atoms with Crippen LogP contribution in [0.25, 0.3) is 0 Å². The first-order valence-electron chi connectivity index (χ1n) is 4.84. The van der Waals surface area contributed by atoms with E-state index in [4.69, 9.17) is 0 Å². The van der Waals surface area contributed by atoms with Gasteiger partial charge in [-0.15, -0.1) is 0 Å². The summed E-state index contributed by atoms with van der Waals surface area (Å²) in [6, 6.07) is 0. The highest BCUT2D eigenvalue weighted by Crippen LogP contribution is 2.16. The van der Waals surface area contributed by atoms with Gasteiger partial charge in [0.15, 0.2) is 5.78 Å². The van der Waals surface area contributed by atoms with Crippen LogP contribution in [0.2, 0.25) is 0 Å². The summed E-state index contributed by atoms with van der Waals surface area (Å²) >= 11 is 0. The van der Waals surface area contributed by atoms with Gasteiger partial charge < -0.3 is 0 Å². The number of ketones is 1. The van der Waals surface area contributed by atoms with Crippen molar-refractivity contribution < 1.29 is 4.79 Å². The number of Topliss-reactive ketones (excluding diaryl/α,β-unsaturated/α-hetero) is 1. The van der Waals surface area contributed by atoms with E-state index < -0.39 is 0 Å². The van der Waals surface area contributed by atoms with E-state index in [0.29, 0.717) is 12.3 Å². The highest BCUT2D eigenvalue weighted by Gasteiger charge is 2.28. The number of rotatable bonds is 2. The minimum atomic E-state index is 0.171. The molecule has 76 valence electrons. The first-order valence-corrected chi connectivity index (χ1v) is 4.84. The van der Waals surface area contributed by atoms with Gasteiger partial charge in [0.1, 0.15) is 0 Å². The summed E-state index contributed by atoms with van der Waals surface area (Å²) in [6.07, 6.45) is 4.65. The van der Waals surface area contributed by atoms with E-state index in [9.17, 15) is 4.79 Å². The third-order valence-electron chi connectivity index (χ3n) is 2.65. The van der Waals surface area contributed by atoms with E-state index in [0.717, 1.165) is 18.5 Å². The second kappa shape index (κ2) is 3.53. The van der Waals surface area contributed by atoms with Gasteiger partial charge in [0, 0.05) is 25.7 Å². The maximum atomic E-state index is 11.5. The summed E-state index contributed by atoms with van der Waals surface area (Å²) in [5, 5.41) is 4.09. The summed E-state index contributed by atoms with van der Waals surface area (Å²) < 4.78 is 1.78. The molecule has 14 heavy (non-hydrogen) atoms. The summed E-state index contributed by atoms with van der Waals surface area (Å²) in [6.45, 7) is 1.48. The molecule has 1 atom stereocenters. The van der Waals surface area contributed by atoms with Crippen LogP contribution < -0.4 is 0 Å². The minimum absolute atomic E-state index is 0.171. The first kappa shape index (κ1) is 9.40. The maximum absolute atomic E-state index is 11.5. The Bertz CT molecular complexity index is 345. The third-order valence-corrected chi connectivity index (χ3v) is 2.65. The Morgan fingerprint density at radius 2 is 2.36 bits per heavy atom. The molecule has 0 spiro atoms. The molecule has 0 radical (unpaired) electrons. The number of likely N-dealkylation sites (N-methyl/N-ethyl adjacent to an activating group) is 1. The number of hydrogen-bond acceptors (Lipinski definition) is 3. The molecule has 4 nitrogen and oxygen atoms in total. The molecule has 1 aromatic heterocycles. The summed E-state index contributed by atoms with van der Waals surface area (Å²) in [5.74, 6) is 0.528. The molecule has 1 unspecified atom stereocenters. The number of likely N-dealkylation sites (tertiary alicyclic amines) is 1. The average Bonchev–Trinajstić information content (AvgIpc) is 2.61. The monoisotopic (exact) mass is 193 g/mol. The van der Waals surface area contributed by atoms with Crippen molar-refractivity contribution in [3.8, 4) is 0 Å². The number of aromatic nitrogens is 2. The van der Waals surface area contributed by atoms with Gasteiger partial charge in [-0.2, -0.15) is 5.10 Å². The average molecular weight is 193 g/mol. The lowest BCUT2D eigenvalue weighted by Gasteiger charge is -2.06. The molecular formula is C10H15N3O. The van der Waals surface area contributed by atoms with Crippen LogP contribution in [-0.4, -0.2) is 40.6 Å². The molecule has 0 bridgehead atoms. The predicted octanol–water partition coefficient (Wildman–Crippen LogP) is 0.0933. The van der Waals surface area contributed by atoms with Crippen molar-refractivity contribution in [2.24, 2.45) is 13.0 Å². The molecule has 1 fully saturated rings. The van der Waals surface area contributed by atoms with E-state index >= 15 is 0 Å². The smallest absolute Gasteiger partial charge is 0.151 e. The predicted molar refractivity (Wildman–Crippen MR) is 52.9 cm³/mol. The highest BCUT2D eigenvalue weighted by molar-refractivity contribution is 5.85. The fraction of sp³-hybridized carbons (Fsp3) is 0.600. The molecular weight excluding hydrogens is 178 g/mol. The quantitative estimate of drug-likeness (QED) is 0.668. The zero-order chi connectivity index (χ0) is 10.1. The van der Waals surface area contributed by atoms with Gasteiger partial charge >= 0.3 is 0 Å². The Morgan fingerprint density at radius 3 is 2.86 bits per heavy atom. The van der Waals surface area contributed by atoms with Crippen LogP contribution in [0.5, 0.6) is 0 Å². The topological polar surface area (TPSA) is 38.1 Å². The second-order valence-corrected chi connectivity index (χ2v) is 4.09. The fourth-order valence-corrected chi connectivity index (χ4v) is 1.98. The number of hydrogen-bond donors (Lipinski definition) is 0. The molecule has 1 aromatic rings. The van der Waals surface area contributed by atoms with Crippen LogP contribution in [0, 0.1) is 5.92 Å². The fourth-order valence-electron chi connectivity index (χ4n) is 1.98. The summed E-state index contributed by atoms with van der Waals surface area (Å²) in [7, 11) is 3.88. The lowest BCUT2D eigenvalue weighted by Crippen LogP contribution is -2.15. The first-order chi connectivity index (χ1) is 6.65. The van der Waals surface area contributed by atoms with Gasteiger partial charge in [-0.25, -0.2) is 0 Å². The van der Waals surface area contributed by atoms with E-state index in [-0.39, 0.29) is 5.92 Å².